The van der Waals surface area contributed by atoms with Gasteiger partial charge in [-0.3, -0.25) is 9.79 Å². The fraction of sp³-hybridized carbons (Fsp3) is 0.353. The van der Waals surface area contributed by atoms with Crippen molar-refractivity contribution < 1.29 is 13.9 Å². The second kappa shape index (κ2) is 9.41. The van der Waals surface area contributed by atoms with E-state index in [9.17, 15) is 4.79 Å². The first kappa shape index (κ1) is 20.0. The first-order valence-electron chi connectivity index (χ1n) is 8.07. The van der Waals surface area contributed by atoms with Crippen LogP contribution in [0.1, 0.15) is 22.7 Å². The third kappa shape index (κ3) is 5.10. The lowest BCUT2D eigenvalue weighted by Crippen LogP contribution is -2.40. The lowest BCUT2D eigenvalue weighted by Gasteiger charge is -2.21. The van der Waals surface area contributed by atoms with E-state index < -0.39 is 5.91 Å². The molecule has 0 aromatic carbocycles. The Balaban J connectivity index is 0.00000243. The number of nitrogens with zero attached hydrogens (tertiary/aromatic N) is 3. The molecule has 0 spiro atoms. The van der Waals surface area contributed by atoms with Crippen molar-refractivity contribution in [3.05, 3.63) is 48.0 Å². The van der Waals surface area contributed by atoms with Crippen LogP contribution in [0.25, 0.3) is 0 Å². The summed E-state index contributed by atoms with van der Waals surface area (Å²) in [6.07, 6.45) is 2.68. The number of furan rings is 1. The normalized spacial score (nSPS) is 16.9. The number of likely N-dealkylation sites (tertiary alicyclic amines) is 1. The van der Waals surface area contributed by atoms with Crippen LogP contribution in [0.2, 0.25) is 0 Å². The van der Waals surface area contributed by atoms with Gasteiger partial charge in [0.2, 0.25) is 5.88 Å². The molecule has 0 radical (unpaired) electrons. The molecule has 1 amide bonds. The van der Waals surface area contributed by atoms with E-state index in [0.717, 1.165) is 25.5 Å². The number of pyridine rings is 1. The highest BCUT2D eigenvalue weighted by Crippen LogP contribution is 2.16. The minimum atomic E-state index is -0.579. The van der Waals surface area contributed by atoms with Crippen LogP contribution in [0.15, 0.2) is 45.9 Å². The molecule has 1 aliphatic rings. The number of aliphatic imine (C=N–C) groups is 1. The molecule has 3 rings (SSSR count). The van der Waals surface area contributed by atoms with E-state index >= 15 is 0 Å². The predicted molar refractivity (Wildman–Crippen MR) is 108 cm³/mol. The van der Waals surface area contributed by atoms with E-state index in [1.54, 1.807) is 25.4 Å². The monoisotopic (exact) mass is 471 g/mol. The molecule has 0 bridgehead atoms. The first-order valence-corrected chi connectivity index (χ1v) is 8.07. The predicted octanol–water partition coefficient (Wildman–Crippen LogP) is 1.62. The fourth-order valence-electron chi connectivity index (χ4n) is 2.71. The number of rotatable bonds is 5. The number of aromatic nitrogens is 1. The molecule has 3 heterocycles. The smallest absolute Gasteiger partial charge is 0.284 e. The third-order valence-corrected chi connectivity index (χ3v) is 3.91. The first-order chi connectivity index (χ1) is 12.2. The van der Waals surface area contributed by atoms with Crippen molar-refractivity contribution in [1.29, 1.82) is 0 Å². The number of nitrogens with two attached hydrogens (primary N) is 1. The summed E-state index contributed by atoms with van der Waals surface area (Å²) in [6, 6.07) is 8.89. The van der Waals surface area contributed by atoms with Gasteiger partial charge in [-0.1, -0.05) is 6.07 Å². The van der Waals surface area contributed by atoms with E-state index in [1.807, 2.05) is 18.2 Å². The van der Waals surface area contributed by atoms with Crippen LogP contribution in [0.5, 0.6) is 5.88 Å². The van der Waals surface area contributed by atoms with Gasteiger partial charge in [0.05, 0.1) is 13.1 Å². The molecule has 2 aromatic rings. The number of nitrogens with one attached hydrogen (secondary N) is 1. The second-order valence-electron chi connectivity index (χ2n) is 5.67. The molecule has 9 heteroatoms. The van der Waals surface area contributed by atoms with Crippen molar-refractivity contribution >= 4 is 35.8 Å². The van der Waals surface area contributed by atoms with Gasteiger partial charge in [0.15, 0.2) is 11.7 Å². The molecule has 1 unspecified atom stereocenters. The Morgan fingerprint density at radius 3 is 2.96 bits per heavy atom. The van der Waals surface area contributed by atoms with E-state index in [2.05, 4.69) is 20.2 Å². The number of primary amides is 1. The van der Waals surface area contributed by atoms with Gasteiger partial charge in [-0.05, 0) is 18.2 Å². The highest BCUT2D eigenvalue weighted by atomic mass is 127. The van der Waals surface area contributed by atoms with E-state index in [4.69, 9.17) is 14.9 Å². The Kier molecular flexibility index (Phi) is 7.25. The van der Waals surface area contributed by atoms with Gasteiger partial charge in [-0.25, -0.2) is 4.98 Å². The Bertz CT molecular complexity index is 750. The van der Waals surface area contributed by atoms with Gasteiger partial charge in [-0.15, -0.1) is 24.0 Å². The van der Waals surface area contributed by atoms with Crippen LogP contribution >= 0.6 is 24.0 Å². The Labute approximate surface area is 168 Å². The van der Waals surface area contributed by atoms with Crippen molar-refractivity contribution in [1.82, 2.24) is 15.2 Å². The number of amides is 1. The fourth-order valence-corrected chi connectivity index (χ4v) is 2.71. The standard InChI is InChI=1S/C17H21N5O3.HI/c1-19-17(21-10-12-5-6-14(24-12)16(18)23)22-9-7-13(11-22)25-15-4-2-3-8-20-15;/h2-6,8,13H,7,9-11H2,1H3,(H2,18,23)(H,19,21);1H. The summed E-state index contributed by atoms with van der Waals surface area (Å²) in [6.45, 7) is 1.98. The highest BCUT2D eigenvalue weighted by Gasteiger charge is 2.26. The maximum absolute atomic E-state index is 11.1. The number of guanidine groups is 1. The molecular formula is C17H22IN5O3. The van der Waals surface area contributed by atoms with Crippen LogP contribution in [0.4, 0.5) is 0 Å². The largest absolute Gasteiger partial charge is 0.472 e. The topological polar surface area (TPSA) is 106 Å². The summed E-state index contributed by atoms with van der Waals surface area (Å²) >= 11 is 0. The molecule has 0 aliphatic carbocycles. The van der Waals surface area contributed by atoms with Gasteiger partial charge < -0.3 is 25.1 Å². The number of hydrogen-bond donors (Lipinski definition) is 2. The van der Waals surface area contributed by atoms with Crippen molar-refractivity contribution in [2.45, 2.75) is 19.1 Å². The maximum Gasteiger partial charge on any atom is 0.284 e. The highest BCUT2D eigenvalue weighted by molar-refractivity contribution is 14.0. The summed E-state index contributed by atoms with van der Waals surface area (Å²) in [7, 11) is 1.73. The molecule has 1 aliphatic heterocycles. The summed E-state index contributed by atoms with van der Waals surface area (Å²) in [5, 5.41) is 3.22. The van der Waals surface area contributed by atoms with Crippen LogP contribution in [-0.4, -0.2) is 48.0 Å². The van der Waals surface area contributed by atoms with Gasteiger partial charge >= 0.3 is 0 Å². The molecule has 1 fully saturated rings. The van der Waals surface area contributed by atoms with Crippen LogP contribution in [0, 0.1) is 0 Å². The van der Waals surface area contributed by atoms with Gasteiger partial charge in [0, 0.05) is 32.3 Å². The van der Waals surface area contributed by atoms with Gasteiger partial charge in [-0.2, -0.15) is 0 Å². The molecule has 140 valence electrons. The molecule has 8 nitrogen and oxygen atoms in total. The minimum Gasteiger partial charge on any atom is -0.472 e. The Morgan fingerprint density at radius 2 is 2.31 bits per heavy atom. The summed E-state index contributed by atoms with van der Waals surface area (Å²) in [5.74, 6) is 1.58. The molecule has 1 saturated heterocycles. The van der Waals surface area contributed by atoms with Crippen molar-refractivity contribution in [2.24, 2.45) is 10.7 Å². The average molecular weight is 471 g/mol. The van der Waals surface area contributed by atoms with E-state index in [-0.39, 0.29) is 35.8 Å². The number of carbonyl (C=O) groups excluding carboxylic acids is 1. The van der Waals surface area contributed by atoms with Crippen LogP contribution in [0.3, 0.4) is 0 Å². The lowest BCUT2D eigenvalue weighted by molar-refractivity contribution is 0.0972. The average Bonchev–Trinajstić information content (AvgIpc) is 3.26. The third-order valence-electron chi connectivity index (χ3n) is 3.91. The quantitative estimate of drug-likeness (QED) is 0.390. The Hall–Kier alpha value is -2.30. The zero-order chi connectivity index (χ0) is 17.6. The maximum atomic E-state index is 11.1. The molecular weight excluding hydrogens is 449 g/mol. The molecule has 0 saturated carbocycles. The molecule has 2 aromatic heterocycles. The lowest BCUT2D eigenvalue weighted by atomic mass is 10.3. The van der Waals surface area contributed by atoms with E-state index in [0.29, 0.717) is 18.2 Å². The number of hydrogen-bond acceptors (Lipinski definition) is 5. The van der Waals surface area contributed by atoms with Crippen LogP contribution < -0.4 is 15.8 Å². The van der Waals surface area contributed by atoms with Crippen molar-refractivity contribution in [3.8, 4) is 5.88 Å². The number of halogens is 1. The molecule has 1 atom stereocenters. The summed E-state index contributed by atoms with van der Waals surface area (Å²) in [4.78, 5) is 21.7. The van der Waals surface area contributed by atoms with Crippen molar-refractivity contribution in [3.63, 3.8) is 0 Å². The zero-order valence-corrected chi connectivity index (χ0v) is 16.8. The Morgan fingerprint density at radius 1 is 1.46 bits per heavy atom. The van der Waals surface area contributed by atoms with Gasteiger partial charge in [0.1, 0.15) is 11.9 Å². The molecule has 3 N–H and O–H groups in total. The number of ether oxygens (including phenoxy) is 1. The zero-order valence-electron chi connectivity index (χ0n) is 14.4. The summed E-state index contributed by atoms with van der Waals surface area (Å²) in [5.41, 5.74) is 5.18. The van der Waals surface area contributed by atoms with E-state index in [1.165, 1.54) is 0 Å². The summed E-state index contributed by atoms with van der Waals surface area (Å²) < 4.78 is 11.2. The van der Waals surface area contributed by atoms with Crippen LogP contribution in [-0.2, 0) is 6.54 Å². The number of carbonyl (C=O) groups is 1. The SMILES string of the molecule is CN=C(NCc1ccc(C(N)=O)o1)N1CCC(Oc2ccccn2)C1.I. The second-order valence-corrected chi connectivity index (χ2v) is 5.67. The minimum absolute atomic E-state index is 0. The molecule has 26 heavy (non-hydrogen) atoms. The van der Waals surface area contributed by atoms with Gasteiger partial charge in [0.25, 0.3) is 5.91 Å². The van der Waals surface area contributed by atoms with Crippen molar-refractivity contribution in [2.75, 3.05) is 20.1 Å².